The maximum absolute atomic E-state index is 4.27. The van der Waals surface area contributed by atoms with Crippen molar-refractivity contribution in [3.05, 3.63) is 24.0 Å². The Bertz CT molecular complexity index is 383. The third-order valence-corrected chi connectivity index (χ3v) is 4.21. The second kappa shape index (κ2) is 6.90. The number of rotatable bonds is 5. The predicted octanol–water partition coefficient (Wildman–Crippen LogP) is 2.99. The Balaban J connectivity index is 1.85. The van der Waals surface area contributed by atoms with Crippen molar-refractivity contribution >= 4 is 5.69 Å². The first-order valence-electron chi connectivity index (χ1n) is 7.61. The third-order valence-electron chi connectivity index (χ3n) is 4.21. The van der Waals surface area contributed by atoms with Crippen LogP contribution in [0, 0.1) is 12.8 Å². The van der Waals surface area contributed by atoms with Crippen molar-refractivity contribution in [3.63, 3.8) is 0 Å². The summed E-state index contributed by atoms with van der Waals surface area (Å²) >= 11 is 0. The highest BCUT2D eigenvalue weighted by atomic mass is 15.1. The van der Waals surface area contributed by atoms with Crippen molar-refractivity contribution in [1.29, 1.82) is 0 Å². The molecule has 0 bridgehead atoms. The Hall–Kier alpha value is -1.09. The van der Waals surface area contributed by atoms with Crippen molar-refractivity contribution in [1.82, 2.24) is 10.3 Å². The number of pyridine rings is 1. The molecule has 0 amide bonds. The van der Waals surface area contributed by atoms with Gasteiger partial charge in [0.2, 0.25) is 0 Å². The molecule has 1 N–H and O–H groups in total. The molecule has 106 valence electrons. The van der Waals surface area contributed by atoms with E-state index in [1.54, 1.807) is 0 Å². The van der Waals surface area contributed by atoms with Crippen molar-refractivity contribution in [2.45, 2.75) is 46.1 Å². The number of anilines is 1. The Morgan fingerprint density at radius 3 is 2.79 bits per heavy atom. The lowest BCUT2D eigenvalue weighted by atomic mass is 9.90. The molecule has 0 aromatic carbocycles. The van der Waals surface area contributed by atoms with Gasteiger partial charge in [0.25, 0.3) is 0 Å². The zero-order valence-electron chi connectivity index (χ0n) is 12.5. The highest BCUT2D eigenvalue weighted by Gasteiger charge is 2.23. The minimum atomic E-state index is 0.654. The lowest BCUT2D eigenvalue weighted by Gasteiger charge is -2.36. The zero-order valence-corrected chi connectivity index (χ0v) is 12.5. The second-order valence-electron chi connectivity index (χ2n) is 5.72. The quantitative estimate of drug-likeness (QED) is 0.883. The second-order valence-corrected chi connectivity index (χ2v) is 5.72. The van der Waals surface area contributed by atoms with Crippen molar-refractivity contribution in [2.24, 2.45) is 5.92 Å². The van der Waals surface area contributed by atoms with Crippen LogP contribution in [0.3, 0.4) is 0 Å². The number of nitrogens with zero attached hydrogens (tertiary/aromatic N) is 2. The van der Waals surface area contributed by atoms with Crippen LogP contribution in [0.4, 0.5) is 5.69 Å². The maximum atomic E-state index is 4.27. The summed E-state index contributed by atoms with van der Waals surface area (Å²) in [5.74, 6) is 0.825. The molecule has 0 radical (unpaired) electrons. The Morgan fingerprint density at radius 2 is 2.16 bits per heavy atom. The molecule has 0 aliphatic carbocycles. The van der Waals surface area contributed by atoms with Crippen LogP contribution in [-0.4, -0.2) is 30.7 Å². The first kappa shape index (κ1) is 14.3. The van der Waals surface area contributed by atoms with Gasteiger partial charge in [-0.15, -0.1) is 0 Å². The molecule has 1 aromatic heterocycles. The topological polar surface area (TPSA) is 28.2 Å². The molecule has 1 unspecified atom stereocenters. The summed E-state index contributed by atoms with van der Waals surface area (Å²) in [6.45, 7) is 10.1. The molecular formula is C16H27N3. The monoisotopic (exact) mass is 261 g/mol. The van der Waals surface area contributed by atoms with Crippen molar-refractivity contribution in [3.8, 4) is 0 Å². The zero-order chi connectivity index (χ0) is 13.7. The maximum Gasteiger partial charge on any atom is 0.0399 e. The van der Waals surface area contributed by atoms with Crippen LogP contribution in [-0.2, 0) is 0 Å². The number of piperidine rings is 1. The van der Waals surface area contributed by atoms with Gasteiger partial charge in [-0.3, -0.25) is 4.98 Å². The minimum Gasteiger partial charge on any atom is -0.371 e. The first-order valence-corrected chi connectivity index (χ1v) is 7.61. The van der Waals surface area contributed by atoms with Gasteiger partial charge in [-0.2, -0.15) is 0 Å². The van der Waals surface area contributed by atoms with Gasteiger partial charge in [0.1, 0.15) is 0 Å². The van der Waals surface area contributed by atoms with Gasteiger partial charge in [-0.05, 0) is 57.7 Å². The van der Waals surface area contributed by atoms with E-state index in [2.05, 4.69) is 48.1 Å². The fourth-order valence-corrected chi connectivity index (χ4v) is 2.92. The van der Waals surface area contributed by atoms with Gasteiger partial charge >= 0.3 is 0 Å². The summed E-state index contributed by atoms with van der Waals surface area (Å²) in [5.41, 5.74) is 2.44. The molecule has 0 spiro atoms. The molecule has 1 aliphatic rings. The van der Waals surface area contributed by atoms with Crippen LogP contribution in [0.15, 0.2) is 18.3 Å². The van der Waals surface area contributed by atoms with Crippen LogP contribution in [0.1, 0.15) is 38.8 Å². The number of hydrogen-bond donors (Lipinski definition) is 1. The van der Waals surface area contributed by atoms with E-state index in [-0.39, 0.29) is 0 Å². The van der Waals surface area contributed by atoms with E-state index in [0.717, 1.165) is 18.2 Å². The van der Waals surface area contributed by atoms with Gasteiger partial charge < -0.3 is 10.2 Å². The SMILES string of the molecule is CCCNC(C)C1CCN(c2ccnc(C)c2)CC1. The average Bonchev–Trinajstić information content (AvgIpc) is 2.45. The van der Waals surface area contributed by atoms with Gasteiger partial charge in [0, 0.05) is 36.7 Å². The molecule has 1 saturated heterocycles. The summed E-state index contributed by atoms with van der Waals surface area (Å²) in [6.07, 6.45) is 5.72. The van der Waals surface area contributed by atoms with Gasteiger partial charge in [0.15, 0.2) is 0 Å². The molecule has 0 saturated carbocycles. The van der Waals surface area contributed by atoms with E-state index < -0.39 is 0 Å². The number of nitrogens with one attached hydrogen (secondary N) is 1. The molecule has 1 fully saturated rings. The van der Waals surface area contributed by atoms with Crippen LogP contribution >= 0.6 is 0 Å². The largest absolute Gasteiger partial charge is 0.371 e. The summed E-state index contributed by atoms with van der Waals surface area (Å²) in [6, 6.07) is 4.98. The van der Waals surface area contributed by atoms with Gasteiger partial charge in [-0.25, -0.2) is 0 Å². The fraction of sp³-hybridized carbons (Fsp3) is 0.688. The van der Waals surface area contributed by atoms with Gasteiger partial charge in [-0.1, -0.05) is 6.92 Å². The summed E-state index contributed by atoms with van der Waals surface area (Å²) in [4.78, 5) is 6.77. The van der Waals surface area contributed by atoms with Crippen LogP contribution in [0.5, 0.6) is 0 Å². The highest BCUT2D eigenvalue weighted by Crippen LogP contribution is 2.25. The Labute approximate surface area is 117 Å². The fourth-order valence-electron chi connectivity index (χ4n) is 2.92. The molecule has 1 aliphatic heterocycles. The molecule has 2 rings (SSSR count). The molecule has 3 nitrogen and oxygen atoms in total. The van der Waals surface area contributed by atoms with Gasteiger partial charge in [0.05, 0.1) is 0 Å². The normalized spacial score (nSPS) is 18.6. The minimum absolute atomic E-state index is 0.654. The smallest absolute Gasteiger partial charge is 0.0399 e. The average molecular weight is 261 g/mol. The van der Waals surface area contributed by atoms with E-state index in [1.165, 1.54) is 38.0 Å². The van der Waals surface area contributed by atoms with E-state index in [9.17, 15) is 0 Å². The summed E-state index contributed by atoms with van der Waals surface area (Å²) in [7, 11) is 0. The van der Waals surface area contributed by atoms with E-state index in [0.29, 0.717) is 6.04 Å². The van der Waals surface area contributed by atoms with Crippen LogP contribution < -0.4 is 10.2 Å². The lowest BCUT2D eigenvalue weighted by molar-refractivity contribution is 0.311. The Morgan fingerprint density at radius 1 is 1.42 bits per heavy atom. The van der Waals surface area contributed by atoms with Crippen LogP contribution in [0.25, 0.3) is 0 Å². The number of aromatic nitrogens is 1. The standard InChI is InChI=1S/C16H27N3/c1-4-8-18-14(3)15-6-10-19(11-7-15)16-5-9-17-13(2)12-16/h5,9,12,14-15,18H,4,6-8,10-11H2,1-3H3. The first-order chi connectivity index (χ1) is 9.20. The summed E-state index contributed by atoms with van der Waals surface area (Å²) < 4.78 is 0. The molecule has 2 heterocycles. The van der Waals surface area contributed by atoms with E-state index in [4.69, 9.17) is 0 Å². The third kappa shape index (κ3) is 3.93. The molecular weight excluding hydrogens is 234 g/mol. The predicted molar refractivity (Wildman–Crippen MR) is 81.7 cm³/mol. The lowest BCUT2D eigenvalue weighted by Crippen LogP contribution is -2.42. The number of hydrogen-bond acceptors (Lipinski definition) is 3. The van der Waals surface area contributed by atoms with Crippen molar-refractivity contribution in [2.75, 3.05) is 24.5 Å². The number of aryl methyl sites for hydroxylation is 1. The van der Waals surface area contributed by atoms with Crippen LogP contribution in [0.2, 0.25) is 0 Å². The molecule has 1 atom stereocenters. The Kier molecular flexibility index (Phi) is 5.20. The summed E-state index contributed by atoms with van der Waals surface area (Å²) in [5, 5.41) is 3.64. The molecule has 3 heteroatoms. The highest BCUT2D eigenvalue weighted by molar-refractivity contribution is 5.46. The van der Waals surface area contributed by atoms with Crippen molar-refractivity contribution < 1.29 is 0 Å². The van der Waals surface area contributed by atoms with E-state index >= 15 is 0 Å². The van der Waals surface area contributed by atoms with E-state index in [1.807, 2.05) is 6.20 Å². The molecule has 19 heavy (non-hydrogen) atoms. The molecule has 1 aromatic rings.